The lowest BCUT2D eigenvalue weighted by Gasteiger charge is -2.18. The second kappa shape index (κ2) is 8.39. The Morgan fingerprint density at radius 3 is 2.62 bits per heavy atom. The predicted octanol–water partition coefficient (Wildman–Crippen LogP) is 5.53. The molecule has 5 heteroatoms. The fourth-order valence-corrected chi connectivity index (χ4v) is 4.28. The van der Waals surface area contributed by atoms with Crippen molar-refractivity contribution >= 4 is 41.6 Å². The van der Waals surface area contributed by atoms with Crippen LogP contribution in [0.1, 0.15) is 34.7 Å². The van der Waals surface area contributed by atoms with Crippen molar-refractivity contribution in [2.24, 2.45) is 0 Å². The lowest BCUT2D eigenvalue weighted by atomic mass is 9.87. The molecular weight excluding hydrogens is 361 g/mol. The second-order valence-electron chi connectivity index (χ2n) is 6.14. The first-order valence-corrected chi connectivity index (χ1v) is 9.01. The molecule has 0 fully saturated rings. The minimum atomic E-state index is -0.0848. The molecule has 0 aliphatic carbocycles. The van der Waals surface area contributed by atoms with Gasteiger partial charge in [-0.3, -0.25) is 4.79 Å². The maximum absolute atomic E-state index is 13.1. The number of rotatable bonds is 4. The van der Waals surface area contributed by atoms with Crippen LogP contribution in [0.15, 0.2) is 52.3 Å². The lowest BCUT2D eigenvalue weighted by Crippen LogP contribution is -2.17. The summed E-state index contributed by atoms with van der Waals surface area (Å²) >= 11 is 7.80. The van der Waals surface area contributed by atoms with E-state index in [0.29, 0.717) is 5.02 Å². The van der Waals surface area contributed by atoms with Gasteiger partial charge in [0.2, 0.25) is 0 Å². The van der Waals surface area contributed by atoms with Crippen LogP contribution in [0, 0.1) is 0 Å². The Morgan fingerprint density at radius 2 is 1.88 bits per heavy atom. The lowest BCUT2D eigenvalue weighted by molar-refractivity contribution is 0.0949. The van der Waals surface area contributed by atoms with Gasteiger partial charge in [-0.25, -0.2) is 0 Å². The molecule has 0 N–H and O–H groups in total. The Balaban J connectivity index is 0.00000208. The van der Waals surface area contributed by atoms with Gasteiger partial charge >= 0.3 is 0 Å². The van der Waals surface area contributed by atoms with E-state index >= 15 is 0 Å². The maximum atomic E-state index is 13.1. The summed E-state index contributed by atoms with van der Waals surface area (Å²) in [6.45, 7) is 0.988. The average molecular weight is 382 g/mol. The van der Waals surface area contributed by atoms with E-state index in [9.17, 15) is 4.79 Å². The van der Waals surface area contributed by atoms with Crippen LogP contribution in [-0.2, 0) is 0 Å². The highest BCUT2D eigenvalue weighted by Gasteiger charge is 2.29. The van der Waals surface area contributed by atoms with Crippen molar-refractivity contribution in [1.29, 1.82) is 0 Å². The third-order valence-electron chi connectivity index (χ3n) is 4.14. The first kappa shape index (κ1) is 19.3. The van der Waals surface area contributed by atoms with Crippen molar-refractivity contribution in [3.8, 4) is 0 Å². The van der Waals surface area contributed by atoms with E-state index in [1.165, 1.54) is 4.90 Å². The topological polar surface area (TPSA) is 20.3 Å². The Labute approximate surface area is 159 Å². The quantitative estimate of drug-likeness (QED) is 0.693. The van der Waals surface area contributed by atoms with Crippen LogP contribution in [0.4, 0.5) is 0 Å². The zero-order valence-electron chi connectivity index (χ0n) is 13.8. The Hall–Kier alpha value is -1.00. The minimum absolute atomic E-state index is 0. The van der Waals surface area contributed by atoms with E-state index in [2.05, 4.69) is 31.1 Å². The third kappa shape index (κ3) is 4.15. The second-order valence-corrected chi connectivity index (χ2v) is 7.66. The van der Waals surface area contributed by atoms with Gasteiger partial charge in [0.25, 0.3) is 0 Å². The van der Waals surface area contributed by atoms with Crippen LogP contribution < -0.4 is 0 Å². The highest BCUT2D eigenvalue weighted by Crippen LogP contribution is 2.43. The summed E-state index contributed by atoms with van der Waals surface area (Å²) in [5, 5.41) is 0.621. The van der Waals surface area contributed by atoms with E-state index in [1.807, 2.05) is 30.3 Å². The molecule has 0 radical (unpaired) electrons. The van der Waals surface area contributed by atoms with Crippen molar-refractivity contribution in [2.75, 3.05) is 20.6 Å². The molecule has 0 saturated heterocycles. The number of carbonyl (C=O) groups excluding carboxylic acids is 1. The zero-order chi connectivity index (χ0) is 16.4. The molecule has 0 saturated carbocycles. The summed E-state index contributed by atoms with van der Waals surface area (Å²) in [5.74, 6) is 0.108. The average Bonchev–Trinajstić information content (AvgIpc) is 2.63. The number of nitrogens with zero attached hydrogens (tertiary/aromatic N) is 1. The number of carbonyl (C=O) groups is 1. The highest BCUT2D eigenvalue weighted by atomic mass is 35.5. The molecule has 1 atom stereocenters. The van der Waals surface area contributed by atoms with Gasteiger partial charge in [0, 0.05) is 26.3 Å². The van der Waals surface area contributed by atoms with Crippen LogP contribution in [0.25, 0.3) is 0 Å². The fraction of sp³-hybridized carbons (Fsp3) is 0.316. The molecule has 0 bridgehead atoms. The molecule has 128 valence electrons. The molecule has 0 amide bonds. The summed E-state index contributed by atoms with van der Waals surface area (Å²) in [7, 11) is 4.13. The maximum Gasteiger partial charge on any atom is 0.171 e. The molecule has 0 spiro atoms. The first-order chi connectivity index (χ1) is 11.1. The summed E-state index contributed by atoms with van der Waals surface area (Å²) in [6, 6.07) is 13.9. The molecular formula is C19H21Cl2NOS. The molecule has 24 heavy (non-hydrogen) atoms. The summed E-state index contributed by atoms with van der Waals surface area (Å²) in [6.07, 6.45) is 1.86. The smallest absolute Gasteiger partial charge is 0.171 e. The summed E-state index contributed by atoms with van der Waals surface area (Å²) < 4.78 is 0. The Kier molecular flexibility index (Phi) is 6.76. The Bertz CT molecular complexity index is 733. The molecule has 0 aromatic heterocycles. The van der Waals surface area contributed by atoms with E-state index < -0.39 is 0 Å². The number of hydrogen-bond acceptors (Lipinski definition) is 3. The molecule has 2 nitrogen and oxygen atoms in total. The van der Waals surface area contributed by atoms with E-state index in [-0.39, 0.29) is 24.1 Å². The predicted molar refractivity (Wildman–Crippen MR) is 104 cm³/mol. The van der Waals surface area contributed by atoms with E-state index in [1.54, 1.807) is 11.8 Å². The standard InChI is InChI=1S/C19H20ClNOS.ClH/c1-21(2)11-5-7-15-14-6-3-4-8-17(14)23-18-10-9-13(20)12-16(18)19(15)22;/h3-4,6,8-10,12,15H,5,7,11H2,1-2H3;1H. The van der Waals surface area contributed by atoms with E-state index in [4.69, 9.17) is 11.6 Å². The van der Waals surface area contributed by atoms with Gasteiger partial charge in [0.05, 0.1) is 0 Å². The molecule has 3 rings (SSSR count). The van der Waals surface area contributed by atoms with Crippen molar-refractivity contribution in [1.82, 2.24) is 4.90 Å². The van der Waals surface area contributed by atoms with Crippen molar-refractivity contribution in [3.05, 3.63) is 58.6 Å². The van der Waals surface area contributed by atoms with Gasteiger partial charge in [0.1, 0.15) is 0 Å². The summed E-state index contributed by atoms with van der Waals surface area (Å²) in [4.78, 5) is 17.5. The number of Topliss-reactive ketones (excluding diaryl/α,β-unsaturated/α-hetero) is 1. The van der Waals surface area contributed by atoms with Crippen LogP contribution in [0.2, 0.25) is 5.02 Å². The van der Waals surface area contributed by atoms with Crippen molar-refractivity contribution < 1.29 is 4.79 Å². The van der Waals surface area contributed by atoms with Gasteiger partial charge in [-0.2, -0.15) is 0 Å². The van der Waals surface area contributed by atoms with Crippen LogP contribution in [-0.4, -0.2) is 31.3 Å². The van der Waals surface area contributed by atoms with Gasteiger partial charge < -0.3 is 4.90 Å². The first-order valence-electron chi connectivity index (χ1n) is 7.81. The van der Waals surface area contributed by atoms with Crippen LogP contribution in [0.5, 0.6) is 0 Å². The Morgan fingerprint density at radius 1 is 1.12 bits per heavy atom. The zero-order valence-corrected chi connectivity index (χ0v) is 16.2. The molecule has 1 heterocycles. The van der Waals surface area contributed by atoms with Crippen LogP contribution in [0.3, 0.4) is 0 Å². The van der Waals surface area contributed by atoms with Gasteiger partial charge in [-0.05, 0) is 63.3 Å². The minimum Gasteiger partial charge on any atom is -0.309 e. The van der Waals surface area contributed by atoms with Crippen molar-refractivity contribution in [3.63, 3.8) is 0 Å². The van der Waals surface area contributed by atoms with Crippen molar-refractivity contribution in [2.45, 2.75) is 28.6 Å². The van der Waals surface area contributed by atoms with Gasteiger partial charge in [0.15, 0.2) is 5.78 Å². The van der Waals surface area contributed by atoms with Gasteiger partial charge in [-0.1, -0.05) is 41.6 Å². The third-order valence-corrected chi connectivity index (χ3v) is 5.54. The SMILES string of the molecule is CN(C)CCCC1C(=O)c2cc(Cl)ccc2Sc2ccccc21.Cl. The van der Waals surface area contributed by atoms with E-state index in [0.717, 1.165) is 35.4 Å². The van der Waals surface area contributed by atoms with Gasteiger partial charge in [-0.15, -0.1) is 12.4 Å². The van der Waals surface area contributed by atoms with Crippen LogP contribution >= 0.6 is 35.8 Å². The monoisotopic (exact) mass is 381 g/mol. The highest BCUT2D eigenvalue weighted by molar-refractivity contribution is 7.99. The molecule has 2 aromatic carbocycles. The largest absolute Gasteiger partial charge is 0.309 e. The molecule has 1 aliphatic heterocycles. The molecule has 1 unspecified atom stereocenters. The number of hydrogen-bond donors (Lipinski definition) is 0. The number of halogens is 2. The number of benzene rings is 2. The summed E-state index contributed by atoms with van der Waals surface area (Å²) in [5.41, 5.74) is 1.90. The normalized spacial score (nSPS) is 16.2. The fourth-order valence-electron chi connectivity index (χ4n) is 2.99. The number of fused-ring (bicyclic) bond motifs is 2. The molecule has 2 aromatic rings. The molecule has 1 aliphatic rings. The number of ketones is 1.